The van der Waals surface area contributed by atoms with Gasteiger partial charge < -0.3 is 14.9 Å². The van der Waals surface area contributed by atoms with Gasteiger partial charge in [0.25, 0.3) is 0 Å². The van der Waals surface area contributed by atoms with Crippen molar-refractivity contribution in [2.24, 2.45) is 17.8 Å². The molecule has 28 heavy (non-hydrogen) atoms. The number of carbonyl (C=O) groups is 2. The van der Waals surface area contributed by atoms with E-state index in [1.54, 1.807) is 0 Å². The van der Waals surface area contributed by atoms with Crippen LogP contribution in [0.25, 0.3) is 0 Å². The Hall–Kier alpha value is -2.22. The van der Waals surface area contributed by atoms with Crippen LogP contribution in [0.2, 0.25) is 0 Å². The first-order valence-electron chi connectivity index (χ1n) is 8.64. The van der Waals surface area contributed by atoms with Crippen molar-refractivity contribution in [3.05, 3.63) is 24.3 Å². The minimum absolute atomic E-state index is 0.0972. The molecule has 2 amide bonds. The minimum atomic E-state index is -5.13. The molecular formula is C18H17F3N2O5. The number of hydrogen-bond acceptors (Lipinski definition) is 6. The van der Waals surface area contributed by atoms with Crippen LogP contribution >= 0.6 is 0 Å². The molecule has 0 spiro atoms. The highest BCUT2D eigenvalue weighted by atomic mass is 19.4. The van der Waals surface area contributed by atoms with E-state index in [-0.39, 0.29) is 4.90 Å². The number of carbonyl (C=O) groups excluding carboxylic acids is 2. The standard InChI is InChI=1S/C18H17F3N2O5/c1-15-9-10(16(2,28-15)12(25)11(15)24)14(27)23(13(9)26)17(18(19,20)21)6-4-3-5-8(17)7-22/h3-6,8-12,24-25H,1-2H3. The number of ether oxygens (including phenoxy) is 1. The molecule has 0 saturated carbocycles. The van der Waals surface area contributed by atoms with Crippen LogP contribution in [-0.2, 0) is 14.3 Å². The summed E-state index contributed by atoms with van der Waals surface area (Å²) in [6.07, 6.45) is -4.33. The van der Waals surface area contributed by atoms with Gasteiger partial charge in [0.05, 0.1) is 17.9 Å². The molecule has 1 aliphatic carbocycles. The Morgan fingerprint density at radius 3 is 2.04 bits per heavy atom. The maximum Gasteiger partial charge on any atom is 0.417 e. The first-order chi connectivity index (χ1) is 12.9. The monoisotopic (exact) mass is 398 g/mol. The Morgan fingerprint density at radius 1 is 1.11 bits per heavy atom. The predicted molar refractivity (Wildman–Crippen MR) is 84.9 cm³/mol. The van der Waals surface area contributed by atoms with E-state index in [0.29, 0.717) is 6.08 Å². The Kier molecular flexibility index (Phi) is 3.57. The molecule has 0 radical (unpaired) electrons. The average Bonchev–Trinajstić information content (AvgIpc) is 3.10. The normalized spacial score (nSPS) is 49.6. The van der Waals surface area contributed by atoms with E-state index in [4.69, 9.17) is 4.74 Å². The zero-order valence-corrected chi connectivity index (χ0v) is 14.8. The highest BCUT2D eigenvalue weighted by Gasteiger charge is 2.82. The van der Waals surface area contributed by atoms with Crippen molar-refractivity contribution < 1.29 is 37.7 Å². The predicted octanol–water partition coefficient (Wildman–Crippen LogP) is 0.437. The molecule has 3 saturated heterocycles. The molecule has 7 nitrogen and oxygen atoms in total. The van der Waals surface area contributed by atoms with Crippen LogP contribution in [0.5, 0.6) is 0 Å². The zero-order chi connectivity index (χ0) is 20.9. The molecule has 0 aromatic carbocycles. The van der Waals surface area contributed by atoms with E-state index in [1.807, 2.05) is 0 Å². The van der Waals surface area contributed by atoms with Gasteiger partial charge in [-0.2, -0.15) is 18.4 Å². The Morgan fingerprint density at radius 2 is 1.61 bits per heavy atom. The number of likely N-dealkylation sites (tertiary alicyclic amines) is 1. The van der Waals surface area contributed by atoms with Crippen molar-refractivity contribution in [3.63, 3.8) is 0 Å². The van der Waals surface area contributed by atoms with Gasteiger partial charge in [0.1, 0.15) is 29.3 Å². The molecule has 8 unspecified atom stereocenters. The summed E-state index contributed by atoms with van der Waals surface area (Å²) in [6, 6.07) is 1.53. The van der Waals surface area contributed by atoms with Crippen molar-refractivity contribution in [1.29, 1.82) is 5.26 Å². The summed E-state index contributed by atoms with van der Waals surface area (Å²) < 4.78 is 48.4. The highest BCUT2D eigenvalue weighted by Crippen LogP contribution is 2.62. The lowest BCUT2D eigenvalue weighted by atomic mass is 9.66. The second-order valence-electron chi connectivity index (χ2n) is 8.00. The molecule has 2 bridgehead atoms. The molecule has 0 aromatic heterocycles. The molecule has 2 N–H and O–H groups in total. The van der Waals surface area contributed by atoms with Crippen molar-refractivity contribution in [1.82, 2.24) is 4.90 Å². The third-order valence-electron chi connectivity index (χ3n) is 6.66. The fourth-order valence-corrected chi connectivity index (χ4v) is 5.29. The number of fused-ring (bicyclic) bond motifs is 5. The molecular weight excluding hydrogens is 381 g/mol. The quantitative estimate of drug-likeness (QED) is 0.620. The van der Waals surface area contributed by atoms with E-state index >= 15 is 0 Å². The largest absolute Gasteiger partial charge is 0.417 e. The second-order valence-corrected chi connectivity index (χ2v) is 8.00. The molecule has 4 aliphatic rings. The smallest absolute Gasteiger partial charge is 0.387 e. The van der Waals surface area contributed by atoms with Crippen molar-refractivity contribution in [3.8, 4) is 6.07 Å². The lowest BCUT2D eigenvalue weighted by molar-refractivity contribution is -0.223. The maximum atomic E-state index is 14.3. The van der Waals surface area contributed by atoms with Crippen LogP contribution in [0, 0.1) is 29.1 Å². The van der Waals surface area contributed by atoms with Crippen LogP contribution in [0.1, 0.15) is 13.8 Å². The van der Waals surface area contributed by atoms with Gasteiger partial charge in [-0.1, -0.05) is 18.2 Å². The summed E-state index contributed by atoms with van der Waals surface area (Å²) in [5.74, 6) is -6.99. The van der Waals surface area contributed by atoms with Gasteiger partial charge in [0.2, 0.25) is 11.8 Å². The van der Waals surface area contributed by atoms with Crippen LogP contribution in [0.15, 0.2) is 24.3 Å². The van der Waals surface area contributed by atoms with Crippen LogP contribution in [0.4, 0.5) is 13.2 Å². The molecule has 3 fully saturated rings. The van der Waals surface area contributed by atoms with Crippen LogP contribution in [-0.4, -0.2) is 62.1 Å². The van der Waals surface area contributed by atoms with Crippen molar-refractivity contribution in [2.45, 2.75) is 49.0 Å². The van der Waals surface area contributed by atoms with Gasteiger partial charge in [-0.05, 0) is 19.9 Å². The van der Waals surface area contributed by atoms with Gasteiger partial charge in [0.15, 0.2) is 5.54 Å². The summed E-state index contributed by atoms with van der Waals surface area (Å²) >= 11 is 0. The number of nitriles is 1. The van der Waals surface area contributed by atoms with Crippen molar-refractivity contribution >= 4 is 11.8 Å². The van der Waals surface area contributed by atoms with E-state index in [0.717, 1.165) is 12.2 Å². The summed E-state index contributed by atoms with van der Waals surface area (Å²) in [7, 11) is 0. The number of hydrogen-bond donors (Lipinski definition) is 2. The summed E-state index contributed by atoms with van der Waals surface area (Å²) in [4.78, 5) is 26.4. The fraction of sp³-hybridized carbons (Fsp3) is 0.611. The van der Waals surface area contributed by atoms with E-state index in [1.165, 1.54) is 26.0 Å². The number of amides is 2. The molecule has 3 heterocycles. The topological polar surface area (TPSA) is 111 Å². The van der Waals surface area contributed by atoms with Gasteiger partial charge in [-0.25, -0.2) is 0 Å². The lowest BCUT2D eigenvalue weighted by Gasteiger charge is -2.43. The van der Waals surface area contributed by atoms with E-state index in [2.05, 4.69) is 0 Å². The number of halogens is 3. The summed E-state index contributed by atoms with van der Waals surface area (Å²) in [5.41, 5.74) is -6.61. The highest BCUT2D eigenvalue weighted by molar-refractivity contribution is 6.08. The molecule has 150 valence electrons. The lowest BCUT2D eigenvalue weighted by Crippen LogP contribution is -2.65. The molecule has 8 atom stereocenters. The average molecular weight is 398 g/mol. The molecule has 10 heteroatoms. The number of imide groups is 1. The number of nitrogens with zero attached hydrogens (tertiary/aromatic N) is 2. The number of alkyl halides is 3. The Labute approximate surface area is 157 Å². The van der Waals surface area contributed by atoms with Gasteiger partial charge >= 0.3 is 6.18 Å². The molecule has 0 aromatic rings. The molecule has 3 aliphatic heterocycles. The Balaban J connectivity index is 1.91. The van der Waals surface area contributed by atoms with Gasteiger partial charge in [-0.3, -0.25) is 14.5 Å². The zero-order valence-electron chi connectivity index (χ0n) is 14.8. The fourth-order valence-electron chi connectivity index (χ4n) is 5.29. The third kappa shape index (κ3) is 1.80. The minimum Gasteiger partial charge on any atom is -0.387 e. The first kappa shape index (κ1) is 19.1. The first-order valence-corrected chi connectivity index (χ1v) is 8.64. The maximum absolute atomic E-state index is 14.3. The number of aliphatic hydroxyl groups is 2. The molecule has 4 rings (SSSR count). The Bertz CT molecular complexity index is 841. The number of allylic oxidation sites excluding steroid dienone is 2. The number of rotatable bonds is 1. The summed E-state index contributed by atoms with van der Waals surface area (Å²) in [5, 5.41) is 30.0. The third-order valence-corrected chi connectivity index (χ3v) is 6.66. The van der Waals surface area contributed by atoms with E-state index in [9.17, 15) is 38.2 Å². The number of aliphatic hydroxyl groups excluding tert-OH is 2. The van der Waals surface area contributed by atoms with E-state index < -0.39 is 64.7 Å². The SMILES string of the molecule is CC12OC(C)(C(O)C1O)C1C(=O)N(C3(C(F)(F)F)C=CC=CC3C#N)C(=O)C12. The summed E-state index contributed by atoms with van der Waals surface area (Å²) in [6.45, 7) is 2.59. The second kappa shape index (κ2) is 5.23. The van der Waals surface area contributed by atoms with Gasteiger partial charge in [0, 0.05) is 0 Å². The van der Waals surface area contributed by atoms with Crippen LogP contribution < -0.4 is 0 Å². The van der Waals surface area contributed by atoms with Crippen LogP contribution in [0.3, 0.4) is 0 Å². The van der Waals surface area contributed by atoms with Crippen molar-refractivity contribution in [2.75, 3.05) is 0 Å². The van der Waals surface area contributed by atoms with Gasteiger partial charge in [-0.15, -0.1) is 0 Å².